The van der Waals surface area contributed by atoms with Gasteiger partial charge in [0.15, 0.2) is 5.71 Å². The number of carbonyl (C=O) groups excluding carboxylic acids is 1. The van der Waals surface area contributed by atoms with Gasteiger partial charge in [0.25, 0.3) is 5.69 Å². The number of azo groups is 1. The second-order valence-corrected chi connectivity index (χ2v) is 9.74. The number of rotatable bonds is 8. The number of benzene rings is 4. The molecule has 1 N–H and O–H groups in total. The molecule has 0 unspecified atom stereocenters. The average molecular weight is 573 g/mol. The summed E-state index contributed by atoms with van der Waals surface area (Å²) in [7, 11) is 0. The third kappa shape index (κ3) is 5.69. The number of nitrogens with zero attached hydrogens (tertiary/aromatic N) is 7. The first-order valence-electron chi connectivity index (χ1n) is 12.6. The highest BCUT2D eigenvalue weighted by atomic mass is 32.1. The molecule has 0 bridgehead atoms. The lowest BCUT2D eigenvalue weighted by Gasteiger charge is -2.06. The molecule has 1 aliphatic rings. The Hall–Kier alpha value is -5.88. The highest BCUT2D eigenvalue weighted by Gasteiger charge is 2.36. The molecule has 0 saturated carbocycles. The predicted molar refractivity (Wildman–Crippen MR) is 163 cm³/mol. The number of carbonyl (C=O) groups is 1. The number of nitro benzene ring substituents is 1. The lowest BCUT2D eigenvalue weighted by Crippen LogP contribution is -2.28. The van der Waals surface area contributed by atoms with Crippen molar-refractivity contribution in [1.82, 2.24) is 4.98 Å². The lowest BCUT2D eigenvalue weighted by molar-refractivity contribution is -0.384. The van der Waals surface area contributed by atoms with E-state index in [4.69, 9.17) is 0 Å². The van der Waals surface area contributed by atoms with Gasteiger partial charge in [-0.05, 0) is 48.5 Å². The normalized spacial score (nSPS) is 14.0. The van der Waals surface area contributed by atoms with Crippen LogP contribution in [-0.2, 0) is 4.79 Å². The van der Waals surface area contributed by atoms with Gasteiger partial charge >= 0.3 is 5.91 Å². The van der Waals surface area contributed by atoms with E-state index in [9.17, 15) is 14.9 Å². The number of non-ortho nitro benzene ring substituents is 1. The molecule has 6 rings (SSSR count). The van der Waals surface area contributed by atoms with Crippen LogP contribution in [0.1, 0.15) is 5.56 Å². The molecule has 12 heteroatoms. The van der Waals surface area contributed by atoms with Crippen LogP contribution in [0.2, 0.25) is 0 Å². The van der Waals surface area contributed by atoms with Crippen molar-refractivity contribution in [3.63, 3.8) is 0 Å². The summed E-state index contributed by atoms with van der Waals surface area (Å²) in [5, 5.41) is 31.9. The van der Waals surface area contributed by atoms with E-state index in [0.29, 0.717) is 27.8 Å². The van der Waals surface area contributed by atoms with Crippen molar-refractivity contribution in [1.29, 1.82) is 0 Å². The van der Waals surface area contributed by atoms with E-state index >= 15 is 0 Å². The van der Waals surface area contributed by atoms with Gasteiger partial charge in [-0.3, -0.25) is 20.3 Å². The van der Waals surface area contributed by atoms with Crippen molar-refractivity contribution in [2.24, 2.45) is 20.4 Å². The van der Waals surface area contributed by atoms with E-state index in [1.54, 1.807) is 24.3 Å². The van der Waals surface area contributed by atoms with Gasteiger partial charge in [-0.25, -0.2) is 4.98 Å². The standard InChI is InChI=1S/C30H20N8O3S/c39-29-28(35-34-24-15-13-23(14-16-24)33-32-22-9-5-2-6-10-22)27(21-11-17-25(18-12-21)38(40)41)36-37(29)30-31-26(19-42-30)20-7-3-1-4-8-20/h1-19,34H/b33-32?,35-28+. The Morgan fingerprint density at radius 1 is 0.786 bits per heavy atom. The number of hydrazone groups is 2. The van der Waals surface area contributed by atoms with E-state index in [2.05, 4.69) is 30.8 Å². The fourth-order valence-electron chi connectivity index (χ4n) is 4.00. The Morgan fingerprint density at radius 2 is 1.43 bits per heavy atom. The molecule has 204 valence electrons. The van der Waals surface area contributed by atoms with Crippen LogP contribution in [0.25, 0.3) is 11.3 Å². The van der Waals surface area contributed by atoms with Gasteiger partial charge < -0.3 is 0 Å². The maximum atomic E-state index is 13.6. The van der Waals surface area contributed by atoms with Gasteiger partial charge in [0.1, 0.15) is 5.71 Å². The van der Waals surface area contributed by atoms with Crippen molar-refractivity contribution in [2.75, 3.05) is 10.4 Å². The lowest BCUT2D eigenvalue weighted by atomic mass is 10.1. The number of hydrogen-bond donors (Lipinski definition) is 1. The first-order chi connectivity index (χ1) is 20.5. The second kappa shape index (κ2) is 11.7. The Labute approximate surface area is 243 Å². The summed E-state index contributed by atoms with van der Waals surface area (Å²) in [5.41, 5.74) is 7.24. The fourth-order valence-corrected chi connectivity index (χ4v) is 4.78. The summed E-state index contributed by atoms with van der Waals surface area (Å²) in [6.45, 7) is 0. The molecule has 5 aromatic rings. The van der Waals surface area contributed by atoms with Crippen molar-refractivity contribution in [2.45, 2.75) is 0 Å². The average Bonchev–Trinajstić information content (AvgIpc) is 3.65. The predicted octanol–water partition coefficient (Wildman–Crippen LogP) is 7.35. The minimum atomic E-state index is -0.488. The Balaban J connectivity index is 1.27. The van der Waals surface area contributed by atoms with E-state index in [0.717, 1.165) is 11.3 Å². The summed E-state index contributed by atoms with van der Waals surface area (Å²) < 4.78 is 0. The smallest absolute Gasteiger partial charge is 0.278 e. The molecule has 1 aromatic heterocycles. The monoisotopic (exact) mass is 572 g/mol. The van der Waals surface area contributed by atoms with E-state index in [1.807, 2.05) is 66.0 Å². The van der Waals surface area contributed by atoms with Crippen molar-refractivity contribution < 1.29 is 9.72 Å². The van der Waals surface area contributed by atoms with Crippen LogP contribution in [-0.4, -0.2) is 27.2 Å². The number of thiazole rings is 1. The number of nitrogens with one attached hydrogen (secondary N) is 1. The maximum Gasteiger partial charge on any atom is 0.303 e. The maximum absolute atomic E-state index is 13.6. The first kappa shape index (κ1) is 26.3. The number of aromatic nitrogens is 1. The molecule has 0 fully saturated rings. The van der Waals surface area contributed by atoms with Crippen LogP contribution < -0.4 is 10.4 Å². The molecular formula is C30H20N8O3S. The molecule has 42 heavy (non-hydrogen) atoms. The van der Waals surface area contributed by atoms with Gasteiger partial charge in [0.2, 0.25) is 5.13 Å². The molecule has 11 nitrogen and oxygen atoms in total. The van der Waals surface area contributed by atoms with Crippen LogP contribution in [0.5, 0.6) is 0 Å². The summed E-state index contributed by atoms with van der Waals surface area (Å²) in [6, 6.07) is 31.8. The molecule has 0 atom stereocenters. The Bertz CT molecular complexity index is 1840. The molecule has 0 radical (unpaired) electrons. The quantitative estimate of drug-likeness (QED) is 0.118. The zero-order chi connectivity index (χ0) is 28.9. The van der Waals surface area contributed by atoms with Crippen molar-refractivity contribution in [3.8, 4) is 11.3 Å². The fraction of sp³-hybridized carbons (Fsp3) is 0. The molecular weight excluding hydrogens is 552 g/mol. The third-order valence-electron chi connectivity index (χ3n) is 6.11. The summed E-state index contributed by atoms with van der Waals surface area (Å²) in [5.74, 6) is -0.488. The van der Waals surface area contributed by atoms with Gasteiger partial charge in [-0.15, -0.1) is 11.3 Å². The van der Waals surface area contributed by atoms with Gasteiger partial charge in [0, 0.05) is 28.6 Å². The van der Waals surface area contributed by atoms with Crippen LogP contribution >= 0.6 is 11.3 Å². The van der Waals surface area contributed by atoms with Crippen LogP contribution in [0.15, 0.2) is 135 Å². The Morgan fingerprint density at radius 3 is 2.10 bits per heavy atom. The molecule has 1 aliphatic heterocycles. The van der Waals surface area contributed by atoms with Crippen LogP contribution in [0, 0.1) is 10.1 Å². The van der Waals surface area contributed by atoms with Gasteiger partial charge in [-0.1, -0.05) is 48.5 Å². The minimum Gasteiger partial charge on any atom is -0.278 e. The minimum absolute atomic E-state index is 0.0353. The van der Waals surface area contributed by atoms with E-state index < -0.39 is 10.8 Å². The first-order valence-corrected chi connectivity index (χ1v) is 13.5. The van der Waals surface area contributed by atoms with Gasteiger partial charge in [-0.2, -0.15) is 25.4 Å². The Kier molecular flexibility index (Phi) is 7.34. The number of anilines is 2. The molecule has 0 aliphatic carbocycles. The number of amides is 1. The highest BCUT2D eigenvalue weighted by molar-refractivity contribution is 7.14. The zero-order valence-electron chi connectivity index (χ0n) is 21.7. The number of hydrogen-bond acceptors (Lipinski definition) is 10. The van der Waals surface area contributed by atoms with Gasteiger partial charge in [0.05, 0.1) is 27.7 Å². The number of nitro groups is 1. The molecule has 2 heterocycles. The zero-order valence-corrected chi connectivity index (χ0v) is 22.5. The second-order valence-electron chi connectivity index (χ2n) is 8.91. The molecule has 0 saturated heterocycles. The largest absolute Gasteiger partial charge is 0.303 e. The van der Waals surface area contributed by atoms with Crippen LogP contribution in [0.4, 0.5) is 27.9 Å². The topological polar surface area (TPSA) is 138 Å². The third-order valence-corrected chi connectivity index (χ3v) is 6.93. The van der Waals surface area contributed by atoms with E-state index in [-0.39, 0.29) is 17.1 Å². The van der Waals surface area contributed by atoms with Crippen molar-refractivity contribution >= 4 is 56.5 Å². The molecule has 1 amide bonds. The van der Waals surface area contributed by atoms with Crippen LogP contribution in [0.3, 0.4) is 0 Å². The van der Waals surface area contributed by atoms with E-state index in [1.165, 1.54) is 40.6 Å². The van der Waals surface area contributed by atoms with Crippen molar-refractivity contribution in [3.05, 3.63) is 130 Å². The highest BCUT2D eigenvalue weighted by Crippen LogP contribution is 2.30. The molecule has 0 spiro atoms. The molecule has 4 aromatic carbocycles. The summed E-state index contributed by atoms with van der Waals surface area (Å²) in [4.78, 5) is 28.9. The SMILES string of the molecule is O=C1/C(=N/Nc2ccc(N=Nc3ccccc3)cc2)C(c2ccc([N+](=O)[O-])cc2)=NN1c1nc(-c2ccccc2)cs1. The summed E-state index contributed by atoms with van der Waals surface area (Å²) >= 11 is 1.27. The summed E-state index contributed by atoms with van der Waals surface area (Å²) in [6.07, 6.45) is 0.